The first-order chi connectivity index (χ1) is 15.9. The minimum Gasteiger partial charge on any atom is -0.480 e. The fourth-order valence-corrected chi connectivity index (χ4v) is 4.87. The van der Waals surface area contributed by atoms with Crippen molar-refractivity contribution in [2.45, 2.75) is 51.1 Å². The van der Waals surface area contributed by atoms with Gasteiger partial charge in [-0.25, -0.2) is 9.59 Å². The predicted octanol–water partition coefficient (Wildman–Crippen LogP) is 4.02. The fourth-order valence-electron chi connectivity index (χ4n) is 4.87. The van der Waals surface area contributed by atoms with E-state index in [0.717, 1.165) is 22.3 Å². The van der Waals surface area contributed by atoms with Crippen LogP contribution >= 0.6 is 0 Å². The average molecular weight is 451 g/mol. The summed E-state index contributed by atoms with van der Waals surface area (Å²) >= 11 is 0. The molecular weight excluding hydrogens is 420 g/mol. The zero-order chi connectivity index (χ0) is 23.5. The molecule has 2 aromatic carbocycles. The Hall–Kier alpha value is -3.35. The summed E-state index contributed by atoms with van der Waals surface area (Å²) in [6.07, 6.45) is 0.618. The third-order valence-electron chi connectivity index (χ3n) is 6.70. The van der Waals surface area contributed by atoms with Crippen molar-refractivity contribution >= 4 is 18.0 Å². The lowest BCUT2D eigenvalue weighted by atomic mass is 9.98. The lowest BCUT2D eigenvalue weighted by Gasteiger charge is -2.27. The molecule has 7 nitrogen and oxygen atoms in total. The number of carboxylic acids is 1. The zero-order valence-corrected chi connectivity index (χ0v) is 19.0. The van der Waals surface area contributed by atoms with Gasteiger partial charge in [-0.3, -0.25) is 4.79 Å². The highest BCUT2D eigenvalue weighted by Gasteiger charge is 2.35. The number of rotatable bonds is 7. The van der Waals surface area contributed by atoms with Gasteiger partial charge in [0.25, 0.3) is 0 Å². The molecule has 2 aliphatic rings. The number of carboxylic acid groups (broad SMARTS) is 1. The summed E-state index contributed by atoms with van der Waals surface area (Å²) < 4.78 is 5.62. The van der Waals surface area contributed by atoms with Gasteiger partial charge in [-0.15, -0.1) is 0 Å². The van der Waals surface area contributed by atoms with E-state index in [1.165, 1.54) is 4.90 Å². The molecule has 0 spiro atoms. The molecule has 2 atom stereocenters. The van der Waals surface area contributed by atoms with E-state index in [1.54, 1.807) is 0 Å². The summed E-state index contributed by atoms with van der Waals surface area (Å²) in [5, 5.41) is 12.2. The van der Waals surface area contributed by atoms with Crippen LogP contribution in [0.5, 0.6) is 0 Å². The van der Waals surface area contributed by atoms with Crippen LogP contribution in [0.25, 0.3) is 11.1 Å². The van der Waals surface area contributed by atoms with Crippen LogP contribution in [0, 0.1) is 5.92 Å². The number of ether oxygens (including phenoxy) is 1. The lowest BCUT2D eigenvalue weighted by molar-refractivity contribution is -0.148. The number of hydrogen-bond acceptors (Lipinski definition) is 4. The smallest absolute Gasteiger partial charge is 0.407 e. The molecule has 2 amide bonds. The Morgan fingerprint density at radius 3 is 2.24 bits per heavy atom. The second kappa shape index (κ2) is 9.65. The number of nitrogens with zero attached hydrogens (tertiary/aromatic N) is 1. The summed E-state index contributed by atoms with van der Waals surface area (Å²) in [4.78, 5) is 38.3. The number of benzene rings is 2. The minimum absolute atomic E-state index is 0.0136. The number of amides is 2. The second-order valence-corrected chi connectivity index (χ2v) is 9.11. The molecule has 1 aliphatic heterocycles. The Kier molecular flexibility index (Phi) is 6.67. The Bertz CT molecular complexity index is 1000. The van der Waals surface area contributed by atoms with E-state index in [2.05, 4.69) is 29.6 Å². The third kappa shape index (κ3) is 4.72. The molecule has 0 saturated carbocycles. The van der Waals surface area contributed by atoms with Gasteiger partial charge in [-0.05, 0) is 41.0 Å². The number of fused-ring (bicyclic) bond motifs is 3. The minimum atomic E-state index is -0.980. The molecule has 1 aliphatic carbocycles. The maximum atomic E-state index is 12.8. The van der Waals surface area contributed by atoms with Gasteiger partial charge in [0.1, 0.15) is 12.6 Å². The second-order valence-electron chi connectivity index (χ2n) is 9.11. The van der Waals surface area contributed by atoms with E-state index in [9.17, 15) is 19.5 Å². The van der Waals surface area contributed by atoms with Crippen molar-refractivity contribution in [1.82, 2.24) is 10.2 Å². The highest BCUT2D eigenvalue weighted by atomic mass is 16.5. The molecule has 0 unspecified atom stereocenters. The van der Waals surface area contributed by atoms with Crippen molar-refractivity contribution in [3.05, 3.63) is 59.7 Å². The largest absolute Gasteiger partial charge is 0.480 e. The van der Waals surface area contributed by atoms with Crippen molar-refractivity contribution < 1.29 is 24.2 Å². The van der Waals surface area contributed by atoms with Crippen molar-refractivity contribution in [1.29, 1.82) is 0 Å². The van der Waals surface area contributed by atoms with Crippen LogP contribution in [0.15, 0.2) is 48.5 Å². The number of carbonyl (C=O) groups is 3. The molecule has 1 fully saturated rings. The molecule has 174 valence electrons. The van der Waals surface area contributed by atoms with Gasteiger partial charge in [0, 0.05) is 24.9 Å². The van der Waals surface area contributed by atoms with E-state index >= 15 is 0 Å². The summed E-state index contributed by atoms with van der Waals surface area (Å²) in [6, 6.07) is 15.0. The number of nitrogens with one attached hydrogen (secondary N) is 1. The molecule has 33 heavy (non-hydrogen) atoms. The molecular formula is C26H30N2O5. The Balaban J connectivity index is 1.38. The van der Waals surface area contributed by atoms with Crippen molar-refractivity contribution in [3.8, 4) is 11.1 Å². The first-order valence-electron chi connectivity index (χ1n) is 11.5. The van der Waals surface area contributed by atoms with Crippen LogP contribution in [0.1, 0.15) is 50.2 Å². The molecule has 7 heteroatoms. The number of carbonyl (C=O) groups excluding carboxylic acids is 2. The molecule has 2 aromatic rings. The van der Waals surface area contributed by atoms with Crippen LogP contribution in [0.3, 0.4) is 0 Å². The summed E-state index contributed by atoms with van der Waals surface area (Å²) in [6.45, 7) is 4.47. The number of aliphatic carboxylic acids is 1. The van der Waals surface area contributed by atoms with Gasteiger partial charge in [-0.2, -0.15) is 0 Å². The van der Waals surface area contributed by atoms with Crippen LogP contribution in [0.2, 0.25) is 0 Å². The normalized spacial score (nSPS) is 18.0. The highest BCUT2D eigenvalue weighted by Crippen LogP contribution is 2.44. The first kappa shape index (κ1) is 22.8. The summed E-state index contributed by atoms with van der Waals surface area (Å²) in [5.41, 5.74) is 4.59. The summed E-state index contributed by atoms with van der Waals surface area (Å²) in [7, 11) is 0. The van der Waals surface area contributed by atoms with Gasteiger partial charge in [0.15, 0.2) is 0 Å². The topological polar surface area (TPSA) is 95.9 Å². The van der Waals surface area contributed by atoms with E-state index in [1.807, 2.05) is 38.1 Å². The van der Waals surface area contributed by atoms with Gasteiger partial charge >= 0.3 is 12.1 Å². The molecule has 2 N–H and O–H groups in total. The van der Waals surface area contributed by atoms with E-state index in [0.29, 0.717) is 19.4 Å². The third-order valence-corrected chi connectivity index (χ3v) is 6.70. The number of alkyl carbamates (subject to hydrolysis) is 1. The maximum Gasteiger partial charge on any atom is 0.407 e. The Morgan fingerprint density at radius 1 is 1.06 bits per heavy atom. The molecule has 1 saturated heterocycles. The van der Waals surface area contributed by atoms with Gasteiger partial charge in [-0.1, -0.05) is 62.4 Å². The Morgan fingerprint density at radius 2 is 1.67 bits per heavy atom. The highest BCUT2D eigenvalue weighted by molar-refractivity contribution is 5.85. The van der Waals surface area contributed by atoms with Crippen LogP contribution in [-0.4, -0.2) is 53.2 Å². The van der Waals surface area contributed by atoms with Gasteiger partial charge in [0.05, 0.1) is 0 Å². The quantitative estimate of drug-likeness (QED) is 0.664. The van der Waals surface area contributed by atoms with Crippen LogP contribution < -0.4 is 5.32 Å². The zero-order valence-electron chi connectivity index (χ0n) is 19.0. The van der Waals surface area contributed by atoms with Crippen LogP contribution in [-0.2, 0) is 14.3 Å². The Labute approximate surface area is 193 Å². The molecule has 0 aromatic heterocycles. The average Bonchev–Trinajstić information content (AvgIpc) is 3.41. The van der Waals surface area contributed by atoms with E-state index in [-0.39, 0.29) is 30.8 Å². The molecule has 4 rings (SSSR count). The molecule has 1 heterocycles. The van der Waals surface area contributed by atoms with Gasteiger partial charge in [0.2, 0.25) is 5.91 Å². The van der Waals surface area contributed by atoms with E-state index in [4.69, 9.17) is 4.74 Å². The maximum absolute atomic E-state index is 12.8. The standard InChI is InChI=1S/C26H30N2O5/c1-16(2)22(14-24(29)28-13-7-12-23(28)25(30)31)27-26(32)33-15-21-19-10-5-3-8-17(19)18-9-4-6-11-20(18)21/h3-6,8-11,16,21-23H,7,12-15H2,1-2H3,(H,27,32)(H,30,31)/t22-,23-/m1/s1. The van der Waals surface area contributed by atoms with Crippen molar-refractivity contribution in [3.63, 3.8) is 0 Å². The predicted molar refractivity (Wildman–Crippen MR) is 124 cm³/mol. The SMILES string of the molecule is CC(C)[C@@H](CC(=O)N1CCC[C@@H]1C(=O)O)NC(=O)OCC1c2ccccc2-c2ccccc21. The molecule has 0 bridgehead atoms. The number of hydrogen-bond donors (Lipinski definition) is 2. The van der Waals surface area contributed by atoms with E-state index < -0.39 is 24.1 Å². The van der Waals surface area contributed by atoms with Gasteiger partial charge < -0.3 is 20.1 Å². The lowest BCUT2D eigenvalue weighted by Crippen LogP contribution is -2.46. The monoisotopic (exact) mass is 450 g/mol. The fraction of sp³-hybridized carbons (Fsp3) is 0.423. The van der Waals surface area contributed by atoms with Crippen molar-refractivity contribution in [2.75, 3.05) is 13.2 Å². The summed E-state index contributed by atoms with van der Waals surface area (Å²) in [5.74, 6) is -1.28. The van der Waals surface area contributed by atoms with Crippen LogP contribution in [0.4, 0.5) is 4.79 Å². The first-order valence-corrected chi connectivity index (χ1v) is 11.5. The molecule has 0 radical (unpaired) electrons. The van der Waals surface area contributed by atoms with Crippen molar-refractivity contribution in [2.24, 2.45) is 5.92 Å². The number of likely N-dealkylation sites (tertiary alicyclic amines) is 1.